The van der Waals surface area contributed by atoms with Crippen LogP contribution in [0.3, 0.4) is 0 Å². The molecule has 1 saturated heterocycles. The smallest absolute Gasteiger partial charge is 0.178 e. The molecule has 0 saturated carbocycles. The zero-order valence-corrected chi connectivity index (χ0v) is 12.9. The molecule has 0 aromatic heterocycles. The summed E-state index contributed by atoms with van der Waals surface area (Å²) in [5, 5.41) is 0. The molecule has 1 fully saturated rings. The molecule has 4 nitrogen and oxygen atoms in total. The normalized spacial score (nSPS) is 37.3. The summed E-state index contributed by atoms with van der Waals surface area (Å²) in [6.45, 7) is 1.09. The van der Waals surface area contributed by atoms with Crippen molar-refractivity contribution in [3.8, 4) is 11.5 Å². The highest BCUT2D eigenvalue weighted by atomic mass is 16.5. The van der Waals surface area contributed by atoms with Gasteiger partial charge in [-0.2, -0.15) is 0 Å². The van der Waals surface area contributed by atoms with Crippen LogP contribution in [0.25, 0.3) is 0 Å². The van der Waals surface area contributed by atoms with Gasteiger partial charge in [0.05, 0.1) is 26.1 Å². The van der Waals surface area contributed by atoms with E-state index in [4.69, 9.17) is 9.47 Å². The zero-order valence-electron chi connectivity index (χ0n) is 12.9. The van der Waals surface area contributed by atoms with Crippen molar-refractivity contribution in [1.82, 2.24) is 0 Å². The fraction of sp³-hybridized carbons (Fsp3) is 0.500. The number of likely N-dealkylation sites (tertiary alicyclic amines) is 1. The Labute approximate surface area is 129 Å². The highest BCUT2D eigenvalue weighted by Gasteiger charge is 2.64. The molecule has 4 aliphatic rings. The maximum atomic E-state index is 12.6. The number of ketones is 1. The van der Waals surface area contributed by atoms with E-state index in [1.165, 1.54) is 16.7 Å². The average molecular weight is 298 g/mol. The summed E-state index contributed by atoms with van der Waals surface area (Å²) in [7, 11) is 3.94. The molecular formula is C18H20NO3+. The standard InChI is InChI=1S/C18H19NO3/c1-19-8-7-18-11-4-5-13(20)17(18)22-16-14(21-2)6-3-10(15(16)18)9-12(11)19/h3-4,6,12,17H,5,7-9H2,1-2H3/p+1/t12-,17+,18+/m1/s1. The molecule has 2 heterocycles. The summed E-state index contributed by atoms with van der Waals surface area (Å²) in [6.07, 6.45) is 4.40. The van der Waals surface area contributed by atoms with Gasteiger partial charge in [0.15, 0.2) is 23.4 Å². The van der Waals surface area contributed by atoms with Gasteiger partial charge in [0, 0.05) is 24.8 Å². The quantitative estimate of drug-likeness (QED) is 0.765. The Balaban J connectivity index is 1.86. The van der Waals surface area contributed by atoms with E-state index in [1.807, 2.05) is 6.07 Å². The maximum Gasteiger partial charge on any atom is 0.178 e. The number of quaternary nitrogens is 1. The van der Waals surface area contributed by atoms with Crippen molar-refractivity contribution in [2.75, 3.05) is 20.7 Å². The lowest BCUT2D eigenvalue weighted by molar-refractivity contribution is -0.906. The lowest BCUT2D eigenvalue weighted by Gasteiger charge is -2.50. The van der Waals surface area contributed by atoms with Gasteiger partial charge < -0.3 is 14.4 Å². The van der Waals surface area contributed by atoms with E-state index in [0.717, 1.165) is 30.9 Å². The molecule has 114 valence electrons. The molecule has 1 unspecified atom stereocenters. The van der Waals surface area contributed by atoms with Crippen molar-refractivity contribution < 1.29 is 19.2 Å². The van der Waals surface area contributed by atoms with Crippen molar-refractivity contribution in [3.63, 3.8) is 0 Å². The summed E-state index contributed by atoms with van der Waals surface area (Å²) in [6, 6.07) is 4.65. The molecule has 4 atom stereocenters. The fourth-order valence-corrected chi connectivity index (χ4v) is 5.22. The van der Waals surface area contributed by atoms with Gasteiger partial charge in [0.25, 0.3) is 0 Å². The first kappa shape index (κ1) is 12.7. The first-order valence-electron chi connectivity index (χ1n) is 8.09. The molecule has 2 bridgehead atoms. The van der Waals surface area contributed by atoms with E-state index >= 15 is 0 Å². The van der Waals surface area contributed by atoms with Gasteiger partial charge in [0.2, 0.25) is 0 Å². The number of nitrogens with one attached hydrogen (secondary N) is 1. The maximum absolute atomic E-state index is 12.6. The minimum atomic E-state index is -0.339. The topological polar surface area (TPSA) is 40.0 Å². The van der Waals surface area contributed by atoms with Gasteiger partial charge in [-0.05, 0) is 17.2 Å². The minimum absolute atomic E-state index is 0.211. The molecule has 1 aromatic carbocycles. The fourth-order valence-electron chi connectivity index (χ4n) is 5.22. The highest BCUT2D eigenvalue weighted by Crippen LogP contribution is 2.59. The Bertz CT molecular complexity index is 738. The van der Waals surface area contributed by atoms with Gasteiger partial charge in [-0.15, -0.1) is 0 Å². The van der Waals surface area contributed by atoms with E-state index in [2.05, 4.69) is 19.2 Å². The van der Waals surface area contributed by atoms with Gasteiger partial charge >= 0.3 is 0 Å². The summed E-state index contributed by atoms with van der Waals surface area (Å²) >= 11 is 0. The third kappa shape index (κ3) is 1.23. The molecule has 0 amide bonds. The molecule has 4 heteroatoms. The molecule has 0 radical (unpaired) electrons. The second-order valence-corrected chi connectivity index (χ2v) is 7.03. The van der Waals surface area contributed by atoms with E-state index < -0.39 is 0 Å². The molecule has 1 aromatic rings. The van der Waals surface area contributed by atoms with Crippen LogP contribution in [-0.4, -0.2) is 38.6 Å². The Morgan fingerprint density at radius 1 is 1.41 bits per heavy atom. The van der Waals surface area contributed by atoms with Crippen molar-refractivity contribution in [2.24, 2.45) is 0 Å². The van der Waals surface area contributed by atoms with Crippen LogP contribution < -0.4 is 14.4 Å². The van der Waals surface area contributed by atoms with E-state index in [0.29, 0.717) is 12.5 Å². The van der Waals surface area contributed by atoms with Crippen LogP contribution in [0.4, 0.5) is 0 Å². The van der Waals surface area contributed by atoms with Gasteiger partial charge in [0.1, 0.15) is 6.04 Å². The number of likely N-dealkylation sites (N-methyl/N-ethyl adjacent to an activating group) is 1. The van der Waals surface area contributed by atoms with Crippen LogP contribution in [0.2, 0.25) is 0 Å². The number of carbonyl (C=O) groups is 1. The number of methoxy groups -OCH3 is 1. The van der Waals surface area contributed by atoms with Crippen LogP contribution in [0.5, 0.6) is 11.5 Å². The second-order valence-electron chi connectivity index (χ2n) is 7.03. The minimum Gasteiger partial charge on any atom is -0.493 e. The summed E-state index contributed by atoms with van der Waals surface area (Å²) < 4.78 is 11.7. The number of piperidine rings is 1. The summed E-state index contributed by atoms with van der Waals surface area (Å²) in [5.41, 5.74) is 3.83. The predicted molar refractivity (Wildman–Crippen MR) is 80.7 cm³/mol. The largest absolute Gasteiger partial charge is 0.493 e. The monoisotopic (exact) mass is 298 g/mol. The van der Waals surface area contributed by atoms with E-state index in [-0.39, 0.29) is 17.3 Å². The Kier molecular flexibility index (Phi) is 2.27. The van der Waals surface area contributed by atoms with Crippen molar-refractivity contribution in [2.45, 2.75) is 36.8 Å². The second kappa shape index (κ2) is 3.93. The number of ether oxygens (including phenoxy) is 2. The highest BCUT2D eigenvalue weighted by molar-refractivity contribution is 5.92. The Morgan fingerprint density at radius 2 is 2.27 bits per heavy atom. The number of hydrogen-bond donors (Lipinski definition) is 1. The summed E-state index contributed by atoms with van der Waals surface area (Å²) in [4.78, 5) is 14.1. The van der Waals surface area contributed by atoms with Crippen LogP contribution in [0.15, 0.2) is 23.8 Å². The molecule has 22 heavy (non-hydrogen) atoms. The van der Waals surface area contributed by atoms with Crippen molar-refractivity contribution in [3.05, 3.63) is 34.9 Å². The third-order valence-electron chi connectivity index (χ3n) is 6.20. The molecule has 5 rings (SSSR count). The molecule has 2 aliphatic carbocycles. The molecule has 1 N–H and O–H groups in total. The third-order valence-corrected chi connectivity index (χ3v) is 6.20. The van der Waals surface area contributed by atoms with Crippen LogP contribution >= 0.6 is 0 Å². The average Bonchev–Trinajstić information content (AvgIpc) is 2.88. The zero-order chi connectivity index (χ0) is 15.1. The molecular weight excluding hydrogens is 278 g/mol. The number of carbonyl (C=O) groups excluding carboxylic acids is 1. The van der Waals surface area contributed by atoms with Gasteiger partial charge in [-0.3, -0.25) is 4.79 Å². The van der Waals surface area contributed by atoms with E-state index in [1.54, 1.807) is 12.0 Å². The lowest BCUT2D eigenvalue weighted by Crippen LogP contribution is -3.15. The van der Waals surface area contributed by atoms with Crippen LogP contribution in [0.1, 0.15) is 24.0 Å². The Hall–Kier alpha value is -1.81. The first-order chi connectivity index (χ1) is 10.7. The SMILES string of the molecule is COc1ccc2c3c1O[C@H]1C(=O)CC=C4[C@@H](C2)[NH+](C)CC[C@]431. The molecule has 2 aliphatic heterocycles. The van der Waals surface area contributed by atoms with Gasteiger partial charge in [-0.25, -0.2) is 0 Å². The van der Waals surface area contributed by atoms with Crippen LogP contribution in [-0.2, 0) is 16.6 Å². The van der Waals surface area contributed by atoms with Crippen LogP contribution in [0, 0.1) is 0 Å². The Morgan fingerprint density at radius 3 is 3.09 bits per heavy atom. The van der Waals surface area contributed by atoms with E-state index in [9.17, 15) is 4.79 Å². The van der Waals surface area contributed by atoms with Crippen molar-refractivity contribution in [1.29, 1.82) is 0 Å². The summed E-state index contributed by atoms with van der Waals surface area (Å²) in [5.74, 6) is 1.80. The first-order valence-corrected chi connectivity index (χ1v) is 8.09. The lowest BCUT2D eigenvalue weighted by atomic mass is 9.56. The van der Waals surface area contributed by atoms with Crippen molar-refractivity contribution >= 4 is 5.78 Å². The number of rotatable bonds is 1. The number of Topliss-reactive ketones (excluding diaryl/α,β-unsaturated/α-hetero) is 1. The molecule has 1 spiro atoms. The number of allylic oxidation sites excluding steroid dienone is 1. The number of benzene rings is 1. The predicted octanol–water partition coefficient (Wildman–Crippen LogP) is 0.436. The number of hydrogen-bond acceptors (Lipinski definition) is 3. The van der Waals surface area contributed by atoms with Gasteiger partial charge in [-0.1, -0.05) is 12.1 Å².